The Bertz CT molecular complexity index is 199. The molecule has 0 amide bonds. The van der Waals surface area contributed by atoms with Crippen LogP contribution in [0.15, 0.2) is 0 Å². The molecule has 0 aromatic heterocycles. The molecule has 2 atom stereocenters. The van der Waals surface area contributed by atoms with E-state index in [4.69, 9.17) is 5.11 Å². The molecule has 0 unspecified atom stereocenters. The van der Waals surface area contributed by atoms with E-state index in [2.05, 4.69) is 0 Å². The van der Waals surface area contributed by atoms with Gasteiger partial charge in [-0.25, -0.2) is 0 Å². The largest absolute Gasteiger partial charge is 0.480 e. The SMILES string of the molecule is CC[C@@H](C(=O)O)N1CCC[C@@H](CF)C1. The van der Waals surface area contributed by atoms with Crippen LogP contribution in [-0.2, 0) is 4.79 Å². The van der Waals surface area contributed by atoms with Crippen LogP contribution in [-0.4, -0.2) is 41.8 Å². The molecule has 0 spiro atoms. The van der Waals surface area contributed by atoms with Crippen LogP contribution in [0.2, 0.25) is 0 Å². The molecule has 14 heavy (non-hydrogen) atoms. The fourth-order valence-electron chi connectivity index (χ4n) is 2.10. The quantitative estimate of drug-likeness (QED) is 0.753. The third-order valence-corrected chi connectivity index (χ3v) is 2.88. The summed E-state index contributed by atoms with van der Waals surface area (Å²) in [4.78, 5) is 12.8. The molecule has 0 aromatic carbocycles. The minimum absolute atomic E-state index is 0.0390. The van der Waals surface area contributed by atoms with Gasteiger partial charge in [0.1, 0.15) is 6.04 Å². The summed E-state index contributed by atoms with van der Waals surface area (Å²) in [5.74, 6) is -0.746. The van der Waals surface area contributed by atoms with E-state index in [0.717, 1.165) is 19.4 Å². The van der Waals surface area contributed by atoms with E-state index in [-0.39, 0.29) is 12.6 Å². The lowest BCUT2D eigenvalue weighted by Crippen LogP contribution is -2.46. The molecule has 82 valence electrons. The Hall–Kier alpha value is -0.640. The minimum Gasteiger partial charge on any atom is -0.480 e. The van der Waals surface area contributed by atoms with Gasteiger partial charge in [0.15, 0.2) is 0 Å². The number of hydrogen-bond donors (Lipinski definition) is 1. The number of carboxylic acid groups (broad SMARTS) is 1. The summed E-state index contributed by atoms with van der Waals surface area (Å²) >= 11 is 0. The second kappa shape index (κ2) is 5.29. The van der Waals surface area contributed by atoms with Crippen molar-refractivity contribution < 1.29 is 14.3 Å². The highest BCUT2D eigenvalue weighted by Crippen LogP contribution is 2.20. The molecule has 0 aliphatic carbocycles. The Balaban J connectivity index is 2.53. The monoisotopic (exact) mass is 203 g/mol. The zero-order valence-electron chi connectivity index (χ0n) is 8.58. The summed E-state index contributed by atoms with van der Waals surface area (Å²) in [7, 11) is 0. The average Bonchev–Trinajstić information content (AvgIpc) is 2.19. The van der Waals surface area contributed by atoms with Crippen LogP contribution in [0.5, 0.6) is 0 Å². The first kappa shape index (κ1) is 11.4. The Morgan fingerprint density at radius 3 is 2.93 bits per heavy atom. The number of carboxylic acids is 1. The van der Waals surface area contributed by atoms with Crippen molar-refractivity contribution in [3.63, 3.8) is 0 Å². The lowest BCUT2D eigenvalue weighted by Gasteiger charge is -2.35. The van der Waals surface area contributed by atoms with Crippen LogP contribution in [0, 0.1) is 5.92 Å². The van der Waals surface area contributed by atoms with E-state index in [1.807, 2.05) is 11.8 Å². The van der Waals surface area contributed by atoms with Gasteiger partial charge in [-0.05, 0) is 25.8 Å². The van der Waals surface area contributed by atoms with Gasteiger partial charge >= 0.3 is 5.97 Å². The van der Waals surface area contributed by atoms with Gasteiger partial charge in [-0.3, -0.25) is 14.1 Å². The van der Waals surface area contributed by atoms with Crippen molar-refractivity contribution in [2.24, 2.45) is 5.92 Å². The van der Waals surface area contributed by atoms with Crippen LogP contribution in [0.4, 0.5) is 4.39 Å². The Morgan fingerprint density at radius 2 is 2.43 bits per heavy atom. The lowest BCUT2D eigenvalue weighted by molar-refractivity contribution is -0.144. The summed E-state index contributed by atoms with van der Waals surface area (Å²) in [6.07, 6.45) is 2.40. The zero-order valence-corrected chi connectivity index (χ0v) is 8.58. The first-order chi connectivity index (χ1) is 6.69. The molecule has 1 saturated heterocycles. The van der Waals surface area contributed by atoms with E-state index >= 15 is 0 Å². The van der Waals surface area contributed by atoms with Crippen molar-refractivity contribution in [3.8, 4) is 0 Å². The van der Waals surface area contributed by atoms with Crippen molar-refractivity contribution in [1.82, 2.24) is 4.90 Å². The minimum atomic E-state index is -0.785. The number of hydrogen-bond acceptors (Lipinski definition) is 2. The third kappa shape index (κ3) is 2.67. The molecule has 0 radical (unpaired) electrons. The number of aliphatic carboxylic acids is 1. The van der Waals surface area contributed by atoms with Crippen molar-refractivity contribution in [2.45, 2.75) is 32.2 Å². The van der Waals surface area contributed by atoms with Crippen LogP contribution >= 0.6 is 0 Å². The molecule has 1 aliphatic rings. The van der Waals surface area contributed by atoms with Crippen LogP contribution in [0.25, 0.3) is 0 Å². The van der Waals surface area contributed by atoms with Crippen molar-refractivity contribution in [2.75, 3.05) is 19.8 Å². The van der Waals surface area contributed by atoms with Gasteiger partial charge in [-0.1, -0.05) is 6.92 Å². The molecule has 1 rings (SSSR count). The highest BCUT2D eigenvalue weighted by atomic mass is 19.1. The molecule has 1 fully saturated rings. The molecule has 1 heterocycles. The van der Waals surface area contributed by atoms with Crippen molar-refractivity contribution in [3.05, 3.63) is 0 Å². The number of halogens is 1. The van der Waals surface area contributed by atoms with Gasteiger partial charge in [0.25, 0.3) is 0 Å². The molecule has 4 heteroatoms. The summed E-state index contributed by atoms with van der Waals surface area (Å²) < 4.78 is 12.4. The first-order valence-corrected chi connectivity index (χ1v) is 5.21. The molecule has 0 saturated carbocycles. The number of carbonyl (C=O) groups is 1. The van der Waals surface area contributed by atoms with Gasteiger partial charge in [-0.15, -0.1) is 0 Å². The van der Waals surface area contributed by atoms with E-state index in [0.29, 0.717) is 13.0 Å². The van der Waals surface area contributed by atoms with Gasteiger partial charge < -0.3 is 5.11 Å². The van der Waals surface area contributed by atoms with Crippen molar-refractivity contribution >= 4 is 5.97 Å². The fourth-order valence-corrected chi connectivity index (χ4v) is 2.10. The number of piperidine rings is 1. The number of likely N-dealkylation sites (tertiary alicyclic amines) is 1. The predicted molar refractivity (Wildman–Crippen MR) is 52.0 cm³/mol. The summed E-state index contributed by atoms with van der Waals surface area (Å²) in [6.45, 7) is 2.92. The van der Waals surface area contributed by atoms with E-state index in [9.17, 15) is 9.18 Å². The van der Waals surface area contributed by atoms with Crippen LogP contribution in [0.1, 0.15) is 26.2 Å². The second-order valence-corrected chi connectivity index (χ2v) is 3.92. The lowest BCUT2D eigenvalue weighted by atomic mass is 9.97. The van der Waals surface area contributed by atoms with Gasteiger partial charge in [0.05, 0.1) is 6.67 Å². The summed E-state index contributed by atoms with van der Waals surface area (Å²) in [5, 5.41) is 8.95. The molecule has 0 aromatic rings. The van der Waals surface area contributed by atoms with Crippen molar-refractivity contribution in [1.29, 1.82) is 0 Å². The molecule has 3 nitrogen and oxygen atoms in total. The molecule has 1 aliphatic heterocycles. The molecule has 1 N–H and O–H groups in total. The topological polar surface area (TPSA) is 40.5 Å². The first-order valence-electron chi connectivity index (χ1n) is 5.21. The fraction of sp³-hybridized carbons (Fsp3) is 0.900. The zero-order chi connectivity index (χ0) is 10.6. The van der Waals surface area contributed by atoms with Crippen LogP contribution < -0.4 is 0 Å². The van der Waals surface area contributed by atoms with E-state index in [1.165, 1.54) is 0 Å². The summed E-state index contributed by atoms with van der Waals surface area (Å²) in [6, 6.07) is -0.427. The standard InChI is InChI=1S/C10H18FNO2/c1-2-9(10(13)14)12-5-3-4-8(6-11)7-12/h8-9H,2-7H2,1H3,(H,13,14)/t8-,9-/m0/s1. The normalized spacial score (nSPS) is 26.0. The van der Waals surface area contributed by atoms with E-state index in [1.54, 1.807) is 0 Å². The number of alkyl halides is 1. The predicted octanol–water partition coefficient (Wildman–Crippen LogP) is 1.53. The second-order valence-electron chi connectivity index (χ2n) is 3.92. The molecular weight excluding hydrogens is 185 g/mol. The maximum Gasteiger partial charge on any atom is 0.320 e. The Morgan fingerprint density at radius 1 is 1.71 bits per heavy atom. The van der Waals surface area contributed by atoms with Crippen LogP contribution in [0.3, 0.4) is 0 Å². The number of rotatable bonds is 4. The molecular formula is C10H18FNO2. The highest BCUT2D eigenvalue weighted by Gasteiger charge is 2.28. The molecule has 0 bridgehead atoms. The third-order valence-electron chi connectivity index (χ3n) is 2.88. The van der Waals surface area contributed by atoms with E-state index < -0.39 is 12.0 Å². The highest BCUT2D eigenvalue weighted by molar-refractivity contribution is 5.73. The Kier molecular flexibility index (Phi) is 4.32. The smallest absolute Gasteiger partial charge is 0.320 e. The average molecular weight is 203 g/mol. The Labute approximate surface area is 83.9 Å². The number of nitrogens with zero attached hydrogens (tertiary/aromatic N) is 1. The maximum absolute atomic E-state index is 12.4. The van der Waals surface area contributed by atoms with Gasteiger partial charge in [0, 0.05) is 12.5 Å². The van der Waals surface area contributed by atoms with Gasteiger partial charge in [0.2, 0.25) is 0 Å². The summed E-state index contributed by atoms with van der Waals surface area (Å²) in [5.41, 5.74) is 0. The van der Waals surface area contributed by atoms with Gasteiger partial charge in [-0.2, -0.15) is 0 Å². The maximum atomic E-state index is 12.4.